The van der Waals surface area contributed by atoms with Crippen molar-refractivity contribution in [1.29, 1.82) is 0 Å². The van der Waals surface area contributed by atoms with Crippen LogP contribution >= 0.6 is 0 Å². The van der Waals surface area contributed by atoms with E-state index in [1.807, 2.05) is 0 Å². The van der Waals surface area contributed by atoms with Crippen LogP contribution in [0.3, 0.4) is 0 Å². The summed E-state index contributed by atoms with van der Waals surface area (Å²) < 4.78 is 0. The second kappa shape index (κ2) is 5.41. The van der Waals surface area contributed by atoms with Crippen molar-refractivity contribution < 1.29 is 0 Å². The SMILES string of the molecule is Cc1ccc(C)c(CN2CCCNC(C)(C)C2)c1. The first kappa shape index (κ1) is 13.6. The molecule has 1 heterocycles. The Morgan fingerprint density at radius 1 is 1.28 bits per heavy atom. The van der Waals surface area contributed by atoms with Crippen LogP contribution in [-0.2, 0) is 6.54 Å². The van der Waals surface area contributed by atoms with E-state index in [2.05, 4.69) is 56.1 Å². The number of aryl methyl sites for hydroxylation is 2. The third kappa shape index (κ3) is 3.56. The van der Waals surface area contributed by atoms with Gasteiger partial charge in [0.05, 0.1) is 0 Å². The molecule has 0 radical (unpaired) electrons. The zero-order chi connectivity index (χ0) is 13.2. The van der Waals surface area contributed by atoms with E-state index in [1.54, 1.807) is 0 Å². The first-order valence-electron chi connectivity index (χ1n) is 7.00. The van der Waals surface area contributed by atoms with Gasteiger partial charge in [-0.3, -0.25) is 4.90 Å². The zero-order valence-corrected chi connectivity index (χ0v) is 12.2. The average Bonchev–Trinajstić information content (AvgIpc) is 2.44. The molecule has 1 saturated heterocycles. The monoisotopic (exact) mass is 246 g/mol. The van der Waals surface area contributed by atoms with Gasteiger partial charge in [0.2, 0.25) is 0 Å². The molecule has 2 nitrogen and oxygen atoms in total. The van der Waals surface area contributed by atoms with E-state index < -0.39 is 0 Å². The van der Waals surface area contributed by atoms with Gasteiger partial charge in [0, 0.05) is 18.6 Å². The molecule has 0 atom stereocenters. The van der Waals surface area contributed by atoms with Crippen LogP contribution in [0, 0.1) is 13.8 Å². The van der Waals surface area contributed by atoms with Gasteiger partial charge in [0.25, 0.3) is 0 Å². The van der Waals surface area contributed by atoms with E-state index in [1.165, 1.54) is 29.7 Å². The van der Waals surface area contributed by atoms with Crippen LogP contribution in [0.5, 0.6) is 0 Å². The summed E-state index contributed by atoms with van der Waals surface area (Å²) in [5, 5.41) is 3.62. The number of nitrogens with one attached hydrogen (secondary N) is 1. The maximum Gasteiger partial charge on any atom is 0.0252 e. The standard InChI is InChI=1S/C16H26N2/c1-13-6-7-14(2)15(10-13)11-18-9-5-8-17-16(3,4)12-18/h6-7,10,17H,5,8-9,11-12H2,1-4H3. The molecule has 2 heteroatoms. The Morgan fingerprint density at radius 3 is 2.83 bits per heavy atom. The molecule has 0 aromatic heterocycles. The van der Waals surface area contributed by atoms with Crippen LogP contribution in [0.2, 0.25) is 0 Å². The van der Waals surface area contributed by atoms with E-state index >= 15 is 0 Å². The molecule has 18 heavy (non-hydrogen) atoms. The van der Waals surface area contributed by atoms with E-state index in [4.69, 9.17) is 0 Å². The van der Waals surface area contributed by atoms with Gasteiger partial charge in [0.1, 0.15) is 0 Å². The van der Waals surface area contributed by atoms with Crippen LogP contribution < -0.4 is 5.32 Å². The third-order valence-electron chi connectivity index (χ3n) is 3.77. The van der Waals surface area contributed by atoms with Crippen molar-refractivity contribution >= 4 is 0 Å². The molecule has 0 aliphatic carbocycles. The third-order valence-corrected chi connectivity index (χ3v) is 3.77. The minimum Gasteiger partial charge on any atom is -0.310 e. The summed E-state index contributed by atoms with van der Waals surface area (Å²) in [5.74, 6) is 0. The average molecular weight is 246 g/mol. The second-order valence-corrected chi connectivity index (χ2v) is 6.30. The Labute approximate surface area is 111 Å². The molecule has 100 valence electrons. The van der Waals surface area contributed by atoms with Crippen LogP contribution in [0.25, 0.3) is 0 Å². The predicted octanol–water partition coefficient (Wildman–Crippen LogP) is 2.88. The lowest BCUT2D eigenvalue weighted by atomic mass is 10.0. The molecule has 1 fully saturated rings. The summed E-state index contributed by atoms with van der Waals surface area (Å²) in [6, 6.07) is 6.78. The fourth-order valence-corrected chi connectivity index (χ4v) is 2.77. The first-order valence-corrected chi connectivity index (χ1v) is 7.00. The van der Waals surface area contributed by atoms with Gasteiger partial charge in [0.15, 0.2) is 0 Å². The summed E-state index contributed by atoms with van der Waals surface area (Å²) in [7, 11) is 0. The minimum atomic E-state index is 0.230. The fourth-order valence-electron chi connectivity index (χ4n) is 2.77. The summed E-state index contributed by atoms with van der Waals surface area (Å²) >= 11 is 0. The molecule has 0 spiro atoms. The molecule has 1 aliphatic heterocycles. The van der Waals surface area contributed by atoms with Gasteiger partial charge in [-0.1, -0.05) is 23.8 Å². The van der Waals surface area contributed by atoms with E-state index in [0.29, 0.717) is 0 Å². The Hall–Kier alpha value is -0.860. The van der Waals surface area contributed by atoms with Gasteiger partial charge in [-0.2, -0.15) is 0 Å². The molecule has 1 aromatic rings. The van der Waals surface area contributed by atoms with Crippen LogP contribution in [-0.4, -0.2) is 30.1 Å². The number of nitrogens with zero attached hydrogens (tertiary/aromatic N) is 1. The Morgan fingerprint density at radius 2 is 2.06 bits per heavy atom. The molecule has 0 unspecified atom stereocenters. The topological polar surface area (TPSA) is 15.3 Å². The van der Waals surface area contributed by atoms with Crippen molar-refractivity contribution in [3.8, 4) is 0 Å². The van der Waals surface area contributed by atoms with Crippen molar-refractivity contribution in [2.45, 2.75) is 46.2 Å². The normalized spacial score (nSPS) is 20.7. The molecular weight excluding hydrogens is 220 g/mol. The second-order valence-electron chi connectivity index (χ2n) is 6.30. The molecule has 1 aromatic carbocycles. The van der Waals surface area contributed by atoms with Crippen molar-refractivity contribution in [2.24, 2.45) is 0 Å². The van der Waals surface area contributed by atoms with E-state index in [9.17, 15) is 0 Å². The Bertz CT molecular complexity index is 410. The minimum absolute atomic E-state index is 0.230. The van der Waals surface area contributed by atoms with Crippen molar-refractivity contribution in [3.05, 3.63) is 34.9 Å². The Balaban J connectivity index is 2.10. The van der Waals surface area contributed by atoms with E-state index in [-0.39, 0.29) is 5.54 Å². The van der Waals surface area contributed by atoms with Crippen molar-refractivity contribution in [2.75, 3.05) is 19.6 Å². The highest BCUT2D eigenvalue weighted by molar-refractivity contribution is 5.30. The summed E-state index contributed by atoms with van der Waals surface area (Å²) in [6.07, 6.45) is 1.24. The number of rotatable bonds is 2. The van der Waals surface area contributed by atoms with Crippen LogP contribution in [0.4, 0.5) is 0 Å². The zero-order valence-electron chi connectivity index (χ0n) is 12.2. The summed E-state index contributed by atoms with van der Waals surface area (Å²) in [6.45, 7) is 13.5. The molecule has 0 amide bonds. The molecule has 2 rings (SSSR count). The quantitative estimate of drug-likeness (QED) is 0.863. The highest BCUT2D eigenvalue weighted by Gasteiger charge is 2.24. The highest BCUT2D eigenvalue weighted by Crippen LogP contribution is 2.17. The van der Waals surface area contributed by atoms with Crippen molar-refractivity contribution in [1.82, 2.24) is 10.2 Å². The van der Waals surface area contributed by atoms with Gasteiger partial charge in [-0.15, -0.1) is 0 Å². The summed E-state index contributed by atoms with van der Waals surface area (Å²) in [4.78, 5) is 2.59. The fraction of sp³-hybridized carbons (Fsp3) is 0.625. The van der Waals surface area contributed by atoms with Crippen molar-refractivity contribution in [3.63, 3.8) is 0 Å². The molecule has 0 saturated carbocycles. The van der Waals surface area contributed by atoms with Gasteiger partial charge < -0.3 is 5.32 Å². The Kier molecular flexibility index (Phi) is 4.08. The van der Waals surface area contributed by atoms with Gasteiger partial charge in [-0.05, 0) is 58.3 Å². The van der Waals surface area contributed by atoms with Crippen LogP contribution in [0.1, 0.15) is 37.0 Å². The lowest BCUT2D eigenvalue weighted by molar-refractivity contribution is 0.223. The number of benzene rings is 1. The largest absolute Gasteiger partial charge is 0.310 e. The molecular formula is C16H26N2. The maximum absolute atomic E-state index is 3.62. The number of hydrogen-bond donors (Lipinski definition) is 1. The molecule has 1 aliphatic rings. The maximum atomic E-state index is 3.62. The molecule has 0 bridgehead atoms. The van der Waals surface area contributed by atoms with Gasteiger partial charge >= 0.3 is 0 Å². The van der Waals surface area contributed by atoms with Gasteiger partial charge in [-0.25, -0.2) is 0 Å². The molecule has 1 N–H and O–H groups in total. The smallest absolute Gasteiger partial charge is 0.0252 e. The van der Waals surface area contributed by atoms with E-state index in [0.717, 1.165) is 19.6 Å². The number of hydrogen-bond acceptors (Lipinski definition) is 2. The first-order chi connectivity index (χ1) is 8.46. The predicted molar refractivity (Wildman–Crippen MR) is 77.9 cm³/mol. The van der Waals surface area contributed by atoms with Crippen LogP contribution in [0.15, 0.2) is 18.2 Å². The lowest BCUT2D eigenvalue weighted by Crippen LogP contribution is -2.46. The summed E-state index contributed by atoms with van der Waals surface area (Å²) in [5.41, 5.74) is 4.49. The lowest BCUT2D eigenvalue weighted by Gasteiger charge is -2.30. The highest BCUT2D eigenvalue weighted by atomic mass is 15.2.